The second kappa shape index (κ2) is 7.74. The zero-order valence-electron chi connectivity index (χ0n) is 14.6. The van der Waals surface area contributed by atoms with E-state index in [2.05, 4.69) is 5.32 Å². The number of hydrogen-bond acceptors (Lipinski definition) is 5. The van der Waals surface area contributed by atoms with E-state index in [1.807, 2.05) is 24.3 Å². The second-order valence-electron chi connectivity index (χ2n) is 6.76. The predicted molar refractivity (Wildman–Crippen MR) is 96.4 cm³/mol. The summed E-state index contributed by atoms with van der Waals surface area (Å²) >= 11 is 0. The van der Waals surface area contributed by atoms with Crippen LogP contribution >= 0.6 is 0 Å². The largest absolute Gasteiger partial charge is 0.496 e. The van der Waals surface area contributed by atoms with Crippen LogP contribution in [-0.4, -0.2) is 57.0 Å². The standard InChI is InChI=1S/C18H26N2O4S/c1-24-17-9-5-4-8-15(17)16-12-19-10-11-20(16)18(21)13-25(22,23)14-6-2-3-7-14/h4-5,8-9,14,16,19H,2-3,6-7,10-13H2,1H3. The van der Waals surface area contributed by atoms with Crippen LogP contribution in [0.15, 0.2) is 24.3 Å². The highest BCUT2D eigenvalue weighted by Gasteiger charge is 2.35. The highest BCUT2D eigenvalue weighted by molar-refractivity contribution is 7.92. The Morgan fingerprint density at radius 3 is 2.72 bits per heavy atom. The zero-order valence-corrected chi connectivity index (χ0v) is 15.4. The number of benzene rings is 1. The van der Waals surface area contributed by atoms with Gasteiger partial charge in [-0.25, -0.2) is 8.42 Å². The number of carbonyl (C=O) groups is 1. The summed E-state index contributed by atoms with van der Waals surface area (Å²) in [5, 5.41) is 2.95. The lowest BCUT2D eigenvalue weighted by Gasteiger charge is -2.37. The SMILES string of the molecule is COc1ccccc1C1CNCCN1C(=O)CS(=O)(=O)C1CCCC1. The fourth-order valence-corrected chi connectivity index (χ4v) is 5.64. The number of piperazine rings is 1. The molecule has 138 valence electrons. The van der Waals surface area contributed by atoms with Gasteiger partial charge in [0.25, 0.3) is 0 Å². The number of rotatable bonds is 5. The summed E-state index contributed by atoms with van der Waals surface area (Å²) in [5.41, 5.74) is 0.906. The van der Waals surface area contributed by atoms with Crippen molar-refractivity contribution in [2.24, 2.45) is 0 Å². The number of methoxy groups -OCH3 is 1. The Balaban J connectivity index is 1.79. The molecule has 3 rings (SSSR count). The molecule has 1 aromatic carbocycles. The lowest BCUT2D eigenvalue weighted by Crippen LogP contribution is -2.50. The van der Waals surface area contributed by atoms with Gasteiger partial charge in [-0.05, 0) is 18.9 Å². The van der Waals surface area contributed by atoms with Gasteiger partial charge < -0.3 is 15.0 Å². The van der Waals surface area contributed by atoms with Gasteiger partial charge >= 0.3 is 0 Å². The first-order valence-electron chi connectivity index (χ1n) is 8.87. The van der Waals surface area contributed by atoms with Crippen LogP contribution in [-0.2, 0) is 14.6 Å². The summed E-state index contributed by atoms with van der Waals surface area (Å²) in [6, 6.07) is 7.38. The van der Waals surface area contributed by atoms with Crippen molar-refractivity contribution >= 4 is 15.7 Å². The van der Waals surface area contributed by atoms with Crippen molar-refractivity contribution < 1.29 is 17.9 Å². The van der Waals surface area contributed by atoms with Crippen LogP contribution in [0.3, 0.4) is 0 Å². The summed E-state index contributed by atoms with van der Waals surface area (Å²) in [6.07, 6.45) is 3.26. The molecule has 0 spiro atoms. The molecule has 1 N–H and O–H groups in total. The summed E-state index contributed by atoms with van der Waals surface area (Å²) in [6.45, 7) is 1.76. The number of ether oxygens (including phenoxy) is 1. The number of carbonyl (C=O) groups excluding carboxylic acids is 1. The maximum Gasteiger partial charge on any atom is 0.238 e. The summed E-state index contributed by atoms with van der Waals surface area (Å²) < 4.78 is 30.6. The molecule has 25 heavy (non-hydrogen) atoms. The van der Waals surface area contributed by atoms with Crippen LogP contribution in [0, 0.1) is 0 Å². The molecule has 1 heterocycles. The zero-order chi connectivity index (χ0) is 17.9. The average Bonchev–Trinajstić information content (AvgIpc) is 3.17. The van der Waals surface area contributed by atoms with E-state index < -0.39 is 9.84 Å². The molecular formula is C18H26N2O4S. The molecule has 1 atom stereocenters. The fourth-order valence-electron chi connectivity index (χ4n) is 3.84. The first-order valence-corrected chi connectivity index (χ1v) is 10.6. The molecular weight excluding hydrogens is 340 g/mol. The molecule has 0 bridgehead atoms. The Morgan fingerprint density at radius 1 is 1.28 bits per heavy atom. The van der Waals surface area contributed by atoms with Crippen LogP contribution < -0.4 is 10.1 Å². The predicted octanol–water partition coefficient (Wildman–Crippen LogP) is 1.53. The van der Waals surface area contributed by atoms with E-state index in [4.69, 9.17) is 4.74 Å². The van der Waals surface area contributed by atoms with Gasteiger partial charge in [0.1, 0.15) is 11.5 Å². The molecule has 1 saturated carbocycles. The summed E-state index contributed by atoms with van der Waals surface area (Å²) in [4.78, 5) is 14.5. The van der Waals surface area contributed by atoms with E-state index in [1.54, 1.807) is 12.0 Å². The minimum absolute atomic E-state index is 0.212. The van der Waals surface area contributed by atoms with Crippen LogP contribution in [0.1, 0.15) is 37.3 Å². The molecule has 1 aliphatic heterocycles. The number of nitrogens with one attached hydrogen (secondary N) is 1. The van der Waals surface area contributed by atoms with Gasteiger partial charge in [-0.15, -0.1) is 0 Å². The third-order valence-electron chi connectivity index (χ3n) is 5.20. The van der Waals surface area contributed by atoms with Gasteiger partial charge in [0.05, 0.1) is 18.4 Å². The van der Waals surface area contributed by atoms with Gasteiger partial charge in [0, 0.05) is 25.2 Å². The van der Waals surface area contributed by atoms with Gasteiger partial charge in [-0.3, -0.25) is 4.79 Å². The molecule has 6 nitrogen and oxygen atoms in total. The van der Waals surface area contributed by atoms with Crippen molar-refractivity contribution in [1.82, 2.24) is 10.2 Å². The fraction of sp³-hybridized carbons (Fsp3) is 0.611. The number of amides is 1. The Labute approximate surface area is 149 Å². The first kappa shape index (κ1) is 18.2. The third-order valence-corrected chi connectivity index (χ3v) is 7.33. The highest BCUT2D eigenvalue weighted by atomic mass is 32.2. The molecule has 1 aliphatic carbocycles. The molecule has 1 amide bonds. The molecule has 1 saturated heterocycles. The van der Waals surface area contributed by atoms with Crippen molar-refractivity contribution in [1.29, 1.82) is 0 Å². The highest BCUT2D eigenvalue weighted by Crippen LogP contribution is 2.31. The smallest absolute Gasteiger partial charge is 0.238 e. The van der Waals surface area contributed by atoms with Crippen molar-refractivity contribution in [2.75, 3.05) is 32.5 Å². The van der Waals surface area contributed by atoms with Gasteiger partial charge in [0.15, 0.2) is 9.84 Å². The molecule has 2 aliphatic rings. The van der Waals surface area contributed by atoms with E-state index in [9.17, 15) is 13.2 Å². The maximum atomic E-state index is 12.8. The van der Waals surface area contributed by atoms with Gasteiger partial charge in [-0.1, -0.05) is 31.0 Å². The average molecular weight is 366 g/mol. The van der Waals surface area contributed by atoms with Crippen molar-refractivity contribution in [3.63, 3.8) is 0 Å². The van der Waals surface area contributed by atoms with E-state index in [-0.39, 0.29) is 23.0 Å². The van der Waals surface area contributed by atoms with Crippen molar-refractivity contribution in [3.8, 4) is 5.75 Å². The van der Waals surface area contributed by atoms with E-state index in [1.165, 1.54) is 0 Å². The van der Waals surface area contributed by atoms with E-state index in [0.29, 0.717) is 38.2 Å². The molecule has 1 unspecified atom stereocenters. The monoisotopic (exact) mass is 366 g/mol. The van der Waals surface area contributed by atoms with Crippen LogP contribution in [0.4, 0.5) is 0 Å². The van der Waals surface area contributed by atoms with Crippen molar-refractivity contribution in [2.45, 2.75) is 37.0 Å². The minimum atomic E-state index is -3.37. The van der Waals surface area contributed by atoms with Gasteiger partial charge in [-0.2, -0.15) is 0 Å². The van der Waals surface area contributed by atoms with Crippen LogP contribution in [0.2, 0.25) is 0 Å². The Hall–Kier alpha value is -1.60. The minimum Gasteiger partial charge on any atom is -0.496 e. The molecule has 0 radical (unpaired) electrons. The lowest BCUT2D eigenvalue weighted by molar-refractivity contribution is -0.131. The summed E-state index contributed by atoms with van der Waals surface area (Å²) in [7, 11) is -1.77. The number of nitrogens with zero attached hydrogens (tertiary/aromatic N) is 1. The molecule has 7 heteroatoms. The third kappa shape index (κ3) is 3.98. The van der Waals surface area contributed by atoms with Crippen LogP contribution in [0.5, 0.6) is 5.75 Å². The molecule has 0 aromatic heterocycles. The number of hydrogen-bond donors (Lipinski definition) is 1. The molecule has 1 aromatic rings. The first-order chi connectivity index (χ1) is 12.0. The van der Waals surface area contributed by atoms with E-state index >= 15 is 0 Å². The lowest BCUT2D eigenvalue weighted by atomic mass is 10.0. The number of sulfone groups is 1. The Bertz CT molecular complexity index is 714. The Morgan fingerprint density at radius 2 is 2.00 bits per heavy atom. The Kier molecular flexibility index (Phi) is 5.64. The maximum absolute atomic E-state index is 12.8. The van der Waals surface area contributed by atoms with Crippen molar-refractivity contribution in [3.05, 3.63) is 29.8 Å². The normalized spacial score (nSPS) is 22.1. The van der Waals surface area contributed by atoms with E-state index in [0.717, 1.165) is 18.4 Å². The number of para-hydroxylation sites is 1. The molecule has 2 fully saturated rings. The quantitative estimate of drug-likeness (QED) is 0.855. The second-order valence-corrected chi connectivity index (χ2v) is 9.04. The van der Waals surface area contributed by atoms with Crippen LogP contribution in [0.25, 0.3) is 0 Å². The summed E-state index contributed by atoms with van der Waals surface area (Å²) in [5.74, 6) is 0.0282. The topological polar surface area (TPSA) is 75.7 Å². The van der Waals surface area contributed by atoms with Gasteiger partial charge in [0.2, 0.25) is 5.91 Å².